The van der Waals surface area contributed by atoms with Gasteiger partial charge in [0.05, 0.1) is 12.1 Å². The van der Waals surface area contributed by atoms with Gasteiger partial charge in [0.1, 0.15) is 0 Å². The number of anilines is 2. The lowest BCUT2D eigenvalue weighted by atomic mass is 9.95. The van der Waals surface area contributed by atoms with Crippen LogP contribution < -0.4 is 16.0 Å². The van der Waals surface area contributed by atoms with Crippen LogP contribution in [0.1, 0.15) is 43.4 Å². The molecule has 1 aliphatic rings. The lowest BCUT2D eigenvalue weighted by Gasteiger charge is -2.22. The van der Waals surface area contributed by atoms with Crippen LogP contribution in [0.3, 0.4) is 0 Å². The molecule has 6 nitrogen and oxygen atoms in total. The molecular formula is C19H24N4O2S. The van der Waals surface area contributed by atoms with Crippen LogP contribution in [0.25, 0.3) is 0 Å². The molecule has 0 radical (unpaired) electrons. The monoisotopic (exact) mass is 372 g/mol. The van der Waals surface area contributed by atoms with Crippen LogP contribution >= 0.6 is 11.3 Å². The highest BCUT2D eigenvalue weighted by molar-refractivity contribution is 7.14. The Morgan fingerprint density at radius 1 is 1.12 bits per heavy atom. The van der Waals surface area contributed by atoms with E-state index in [1.54, 1.807) is 0 Å². The predicted molar refractivity (Wildman–Crippen MR) is 105 cm³/mol. The molecule has 3 amide bonds. The van der Waals surface area contributed by atoms with Gasteiger partial charge in [0.2, 0.25) is 5.91 Å². The summed E-state index contributed by atoms with van der Waals surface area (Å²) < 4.78 is 0. The predicted octanol–water partition coefficient (Wildman–Crippen LogP) is 4.09. The molecule has 2 aromatic rings. The molecule has 3 rings (SSSR count). The highest BCUT2D eigenvalue weighted by Crippen LogP contribution is 2.19. The summed E-state index contributed by atoms with van der Waals surface area (Å²) in [5, 5.41) is 10.8. The Bertz CT molecular complexity index is 751. The molecule has 0 aliphatic heterocycles. The summed E-state index contributed by atoms with van der Waals surface area (Å²) in [7, 11) is 0. The Hall–Kier alpha value is -2.41. The Labute approximate surface area is 157 Å². The summed E-state index contributed by atoms with van der Waals surface area (Å²) in [5.74, 6) is -0.00198. The fraction of sp³-hybridized carbons (Fsp3) is 0.421. The molecule has 26 heavy (non-hydrogen) atoms. The van der Waals surface area contributed by atoms with Crippen molar-refractivity contribution in [1.29, 1.82) is 0 Å². The number of hydrogen-bond donors (Lipinski definition) is 3. The molecule has 0 spiro atoms. The largest absolute Gasteiger partial charge is 0.353 e. The molecule has 7 heteroatoms. The summed E-state index contributed by atoms with van der Waals surface area (Å²) in [5.41, 5.74) is 2.53. The molecule has 3 N–H and O–H groups in total. The van der Waals surface area contributed by atoms with Crippen molar-refractivity contribution in [2.75, 3.05) is 10.6 Å². The van der Waals surface area contributed by atoms with Crippen LogP contribution in [0.15, 0.2) is 29.6 Å². The van der Waals surface area contributed by atoms with Crippen molar-refractivity contribution in [1.82, 2.24) is 10.3 Å². The molecule has 1 heterocycles. The highest BCUT2D eigenvalue weighted by atomic mass is 32.1. The Balaban J connectivity index is 1.46. The Morgan fingerprint density at radius 3 is 2.58 bits per heavy atom. The van der Waals surface area contributed by atoms with Crippen molar-refractivity contribution in [2.45, 2.75) is 51.5 Å². The first kappa shape index (κ1) is 18.4. The SMILES string of the molecule is Cc1ccc(NC(=O)Nc2nc(CC(=O)NC3CCCCC3)cs2)cc1. The third-order valence-electron chi connectivity index (χ3n) is 4.39. The average molecular weight is 372 g/mol. The van der Waals surface area contributed by atoms with Gasteiger partial charge in [0.25, 0.3) is 0 Å². The summed E-state index contributed by atoms with van der Waals surface area (Å²) in [6.07, 6.45) is 6.01. The molecule has 0 atom stereocenters. The second-order valence-corrected chi connectivity index (χ2v) is 7.53. The van der Waals surface area contributed by atoms with Gasteiger partial charge in [-0.3, -0.25) is 10.1 Å². The van der Waals surface area contributed by atoms with E-state index in [-0.39, 0.29) is 18.4 Å². The van der Waals surface area contributed by atoms with Crippen LogP contribution in [0.2, 0.25) is 0 Å². The summed E-state index contributed by atoms with van der Waals surface area (Å²) in [6, 6.07) is 7.51. The zero-order valence-corrected chi connectivity index (χ0v) is 15.7. The van der Waals surface area contributed by atoms with Crippen LogP contribution in [0, 0.1) is 6.92 Å². The van der Waals surface area contributed by atoms with Crippen molar-refractivity contribution in [3.05, 3.63) is 40.9 Å². The minimum absolute atomic E-state index is 0.00198. The number of carbonyl (C=O) groups is 2. The van der Waals surface area contributed by atoms with Gasteiger partial charge in [-0.25, -0.2) is 9.78 Å². The molecule has 1 saturated carbocycles. The number of aromatic nitrogens is 1. The number of benzene rings is 1. The van der Waals surface area contributed by atoms with Crippen molar-refractivity contribution >= 4 is 34.1 Å². The average Bonchev–Trinajstić information content (AvgIpc) is 3.04. The fourth-order valence-corrected chi connectivity index (χ4v) is 3.74. The van der Waals surface area contributed by atoms with E-state index < -0.39 is 0 Å². The number of rotatable bonds is 5. The standard InChI is InChI=1S/C19H24N4O2S/c1-13-7-9-15(10-8-13)21-18(25)23-19-22-16(12-26-19)11-17(24)20-14-5-3-2-4-6-14/h7-10,12,14H,2-6,11H2,1H3,(H,20,24)(H2,21,22,23,25). The number of thiazole rings is 1. The first-order valence-corrected chi connectivity index (χ1v) is 9.85. The third-order valence-corrected chi connectivity index (χ3v) is 5.20. The van der Waals surface area contributed by atoms with Gasteiger partial charge < -0.3 is 10.6 Å². The van der Waals surface area contributed by atoms with E-state index in [0.717, 1.165) is 24.1 Å². The first-order chi connectivity index (χ1) is 12.6. The van der Waals surface area contributed by atoms with Gasteiger partial charge in [-0.2, -0.15) is 0 Å². The Morgan fingerprint density at radius 2 is 1.85 bits per heavy atom. The number of nitrogens with one attached hydrogen (secondary N) is 3. The Kier molecular flexibility index (Phi) is 6.22. The van der Waals surface area contributed by atoms with Gasteiger partial charge in [-0.1, -0.05) is 37.0 Å². The first-order valence-electron chi connectivity index (χ1n) is 8.97. The van der Waals surface area contributed by atoms with Crippen LogP contribution in [-0.2, 0) is 11.2 Å². The van der Waals surface area contributed by atoms with Crippen LogP contribution in [0.5, 0.6) is 0 Å². The fourth-order valence-electron chi connectivity index (χ4n) is 3.03. The zero-order valence-electron chi connectivity index (χ0n) is 14.9. The molecule has 0 unspecified atom stereocenters. The minimum Gasteiger partial charge on any atom is -0.353 e. The molecular weight excluding hydrogens is 348 g/mol. The van der Waals surface area contributed by atoms with E-state index in [4.69, 9.17) is 0 Å². The van der Waals surface area contributed by atoms with E-state index in [9.17, 15) is 9.59 Å². The number of urea groups is 1. The van der Waals surface area contributed by atoms with Gasteiger partial charge in [0, 0.05) is 17.1 Å². The van der Waals surface area contributed by atoms with Gasteiger partial charge >= 0.3 is 6.03 Å². The minimum atomic E-state index is -0.346. The van der Waals surface area contributed by atoms with Crippen molar-refractivity contribution in [3.63, 3.8) is 0 Å². The van der Waals surface area contributed by atoms with E-state index >= 15 is 0 Å². The maximum absolute atomic E-state index is 12.1. The quantitative estimate of drug-likeness (QED) is 0.739. The van der Waals surface area contributed by atoms with Crippen molar-refractivity contribution < 1.29 is 9.59 Å². The van der Waals surface area contributed by atoms with Crippen molar-refractivity contribution in [3.8, 4) is 0 Å². The molecule has 0 saturated heterocycles. The lowest BCUT2D eigenvalue weighted by Crippen LogP contribution is -2.37. The maximum Gasteiger partial charge on any atom is 0.325 e. The number of carbonyl (C=O) groups excluding carboxylic acids is 2. The second-order valence-electron chi connectivity index (χ2n) is 6.67. The summed E-state index contributed by atoms with van der Waals surface area (Å²) in [4.78, 5) is 28.5. The van der Waals surface area contributed by atoms with Gasteiger partial charge in [-0.05, 0) is 31.9 Å². The zero-order chi connectivity index (χ0) is 18.4. The second kappa shape index (κ2) is 8.80. The van der Waals surface area contributed by atoms with E-state index in [1.165, 1.54) is 30.6 Å². The summed E-state index contributed by atoms with van der Waals surface area (Å²) >= 11 is 1.32. The number of hydrogen-bond acceptors (Lipinski definition) is 4. The molecule has 1 aliphatic carbocycles. The molecule has 138 valence electrons. The smallest absolute Gasteiger partial charge is 0.325 e. The highest BCUT2D eigenvalue weighted by Gasteiger charge is 2.17. The van der Waals surface area contributed by atoms with Gasteiger partial charge in [-0.15, -0.1) is 11.3 Å². The topological polar surface area (TPSA) is 83.1 Å². The normalized spacial score (nSPS) is 14.7. The number of amides is 3. The number of nitrogens with zero attached hydrogens (tertiary/aromatic N) is 1. The molecule has 0 bridgehead atoms. The molecule has 1 aromatic heterocycles. The van der Waals surface area contributed by atoms with Crippen molar-refractivity contribution in [2.24, 2.45) is 0 Å². The lowest BCUT2D eigenvalue weighted by molar-refractivity contribution is -0.121. The van der Waals surface area contributed by atoms with E-state index in [2.05, 4.69) is 20.9 Å². The van der Waals surface area contributed by atoms with Crippen LogP contribution in [-0.4, -0.2) is 23.0 Å². The number of aryl methyl sites for hydroxylation is 1. The van der Waals surface area contributed by atoms with E-state index in [1.807, 2.05) is 36.6 Å². The summed E-state index contributed by atoms with van der Waals surface area (Å²) in [6.45, 7) is 1.99. The molecule has 1 aromatic carbocycles. The molecule has 1 fully saturated rings. The van der Waals surface area contributed by atoms with E-state index in [0.29, 0.717) is 16.9 Å². The maximum atomic E-state index is 12.1. The third kappa shape index (κ3) is 5.56. The van der Waals surface area contributed by atoms with Gasteiger partial charge in [0.15, 0.2) is 5.13 Å². The van der Waals surface area contributed by atoms with Crippen LogP contribution in [0.4, 0.5) is 15.6 Å².